The Kier molecular flexibility index (Phi) is 10.7. The number of carbonyl (C=O) groups excluding carboxylic acids is 1. The lowest BCUT2D eigenvalue weighted by Gasteiger charge is -2.24. The van der Waals surface area contributed by atoms with Crippen LogP contribution in [-0.2, 0) is 21.4 Å². The number of sulfonamides is 1. The summed E-state index contributed by atoms with van der Waals surface area (Å²) in [6, 6.07) is 22.1. The van der Waals surface area contributed by atoms with E-state index in [1.54, 1.807) is 24.3 Å². The largest absolute Gasteiger partial charge is 0.493 e. The van der Waals surface area contributed by atoms with E-state index in [0.29, 0.717) is 28.1 Å². The second-order valence-corrected chi connectivity index (χ2v) is 13.1. The molecule has 12 heteroatoms. The molecule has 224 valence electrons. The molecule has 0 bridgehead atoms. The summed E-state index contributed by atoms with van der Waals surface area (Å²) >= 11 is 15.8. The van der Waals surface area contributed by atoms with E-state index in [9.17, 15) is 13.2 Å². The van der Waals surface area contributed by atoms with Gasteiger partial charge in [0.1, 0.15) is 13.2 Å². The third kappa shape index (κ3) is 8.51. The number of anilines is 1. The highest BCUT2D eigenvalue weighted by Gasteiger charge is 2.28. The summed E-state index contributed by atoms with van der Waals surface area (Å²) in [6.45, 7) is 3.63. The van der Waals surface area contributed by atoms with E-state index in [1.165, 1.54) is 43.7 Å². The van der Waals surface area contributed by atoms with Crippen LogP contribution in [0.3, 0.4) is 0 Å². The molecule has 0 radical (unpaired) electrons. The van der Waals surface area contributed by atoms with E-state index in [0.717, 1.165) is 21.0 Å². The number of hydrogen-bond donors (Lipinski definition) is 1. The zero-order valence-electron chi connectivity index (χ0n) is 23.5. The van der Waals surface area contributed by atoms with Gasteiger partial charge < -0.3 is 9.47 Å². The van der Waals surface area contributed by atoms with Crippen LogP contribution >= 0.6 is 39.1 Å². The summed E-state index contributed by atoms with van der Waals surface area (Å²) < 4.78 is 40.2. The first kappa shape index (κ1) is 32.3. The molecule has 4 rings (SSSR count). The molecule has 0 atom stereocenters. The number of nitrogens with zero attached hydrogens (tertiary/aromatic N) is 2. The molecular weight excluding hydrogens is 677 g/mol. The van der Waals surface area contributed by atoms with Crippen molar-refractivity contribution in [1.82, 2.24) is 5.43 Å². The molecular formula is C31H28BrCl2N3O5S. The lowest BCUT2D eigenvalue weighted by molar-refractivity contribution is -0.119. The molecule has 0 aliphatic rings. The Morgan fingerprint density at radius 1 is 0.953 bits per heavy atom. The minimum atomic E-state index is -4.16. The molecule has 0 saturated heterocycles. The first-order valence-electron chi connectivity index (χ1n) is 12.9. The Bertz CT molecular complexity index is 1730. The van der Waals surface area contributed by atoms with Gasteiger partial charge >= 0.3 is 0 Å². The van der Waals surface area contributed by atoms with Crippen LogP contribution in [0.1, 0.15) is 22.3 Å². The van der Waals surface area contributed by atoms with Crippen molar-refractivity contribution in [2.45, 2.75) is 25.3 Å². The van der Waals surface area contributed by atoms with Crippen molar-refractivity contribution >= 4 is 67.0 Å². The molecule has 0 aliphatic carbocycles. The number of aryl methyl sites for hydroxylation is 2. The van der Waals surface area contributed by atoms with Crippen LogP contribution in [0.25, 0.3) is 0 Å². The van der Waals surface area contributed by atoms with E-state index in [-0.39, 0.29) is 20.6 Å². The van der Waals surface area contributed by atoms with Crippen LogP contribution < -0.4 is 19.2 Å². The number of ether oxygens (including phenoxy) is 2. The summed E-state index contributed by atoms with van der Waals surface area (Å²) in [5.41, 5.74) is 6.17. The van der Waals surface area contributed by atoms with Gasteiger partial charge in [0.25, 0.3) is 15.9 Å². The Morgan fingerprint density at radius 3 is 2.16 bits per heavy atom. The quantitative estimate of drug-likeness (QED) is 0.131. The number of amides is 1. The highest BCUT2D eigenvalue weighted by atomic mass is 79.9. The van der Waals surface area contributed by atoms with E-state index in [4.69, 9.17) is 32.7 Å². The number of halogens is 3. The average molecular weight is 705 g/mol. The number of benzene rings is 4. The van der Waals surface area contributed by atoms with Crippen LogP contribution in [0.4, 0.5) is 5.69 Å². The van der Waals surface area contributed by atoms with Crippen LogP contribution in [0.15, 0.2) is 93.3 Å². The normalized spacial score (nSPS) is 11.4. The Balaban J connectivity index is 1.50. The molecule has 0 aromatic heterocycles. The minimum absolute atomic E-state index is 0.00660. The molecule has 4 aromatic carbocycles. The second kappa shape index (κ2) is 14.3. The maximum Gasteiger partial charge on any atom is 0.264 e. The summed E-state index contributed by atoms with van der Waals surface area (Å²) in [5.74, 6) is 0.288. The van der Waals surface area contributed by atoms with Gasteiger partial charge in [-0.25, -0.2) is 13.8 Å². The Labute approximate surface area is 269 Å². The summed E-state index contributed by atoms with van der Waals surface area (Å²) in [7, 11) is -2.63. The molecule has 0 spiro atoms. The smallest absolute Gasteiger partial charge is 0.264 e. The molecule has 1 N–H and O–H groups in total. The maximum atomic E-state index is 13.6. The molecule has 4 aromatic rings. The van der Waals surface area contributed by atoms with Crippen molar-refractivity contribution in [3.8, 4) is 11.5 Å². The number of methoxy groups -OCH3 is 1. The van der Waals surface area contributed by atoms with Crippen molar-refractivity contribution < 1.29 is 22.7 Å². The van der Waals surface area contributed by atoms with E-state index in [1.807, 2.05) is 38.1 Å². The maximum absolute atomic E-state index is 13.6. The van der Waals surface area contributed by atoms with Gasteiger partial charge in [0.2, 0.25) is 0 Å². The van der Waals surface area contributed by atoms with Crippen molar-refractivity contribution in [3.63, 3.8) is 0 Å². The van der Waals surface area contributed by atoms with Crippen molar-refractivity contribution in [1.29, 1.82) is 0 Å². The molecule has 0 fully saturated rings. The Hall–Kier alpha value is -3.57. The van der Waals surface area contributed by atoms with E-state index < -0.39 is 22.5 Å². The van der Waals surface area contributed by atoms with Gasteiger partial charge in [0.15, 0.2) is 11.5 Å². The molecule has 43 heavy (non-hydrogen) atoms. The van der Waals surface area contributed by atoms with Gasteiger partial charge in [-0.1, -0.05) is 70.7 Å². The van der Waals surface area contributed by atoms with E-state index >= 15 is 0 Å². The van der Waals surface area contributed by atoms with Gasteiger partial charge in [0, 0.05) is 10.0 Å². The van der Waals surface area contributed by atoms with Gasteiger partial charge in [-0.05, 0) is 83.4 Å². The summed E-state index contributed by atoms with van der Waals surface area (Å²) in [6.07, 6.45) is 1.41. The third-order valence-corrected chi connectivity index (χ3v) is 9.00. The lowest BCUT2D eigenvalue weighted by Crippen LogP contribution is -2.39. The highest BCUT2D eigenvalue weighted by molar-refractivity contribution is 9.10. The van der Waals surface area contributed by atoms with Crippen LogP contribution in [0.5, 0.6) is 11.5 Å². The fraction of sp³-hybridized carbons (Fsp3) is 0.161. The molecule has 0 unspecified atom stereocenters. The molecule has 1 amide bonds. The average Bonchev–Trinajstić information content (AvgIpc) is 2.95. The Morgan fingerprint density at radius 2 is 1.56 bits per heavy atom. The summed E-state index contributed by atoms with van der Waals surface area (Å²) in [5, 5.41) is 4.46. The third-order valence-electron chi connectivity index (χ3n) is 6.19. The van der Waals surface area contributed by atoms with Gasteiger partial charge in [-0.2, -0.15) is 5.10 Å². The monoisotopic (exact) mass is 703 g/mol. The van der Waals surface area contributed by atoms with Gasteiger partial charge in [-0.3, -0.25) is 9.10 Å². The van der Waals surface area contributed by atoms with E-state index in [2.05, 4.69) is 26.5 Å². The predicted molar refractivity (Wildman–Crippen MR) is 174 cm³/mol. The van der Waals surface area contributed by atoms with Gasteiger partial charge in [0.05, 0.1) is 28.4 Å². The first-order chi connectivity index (χ1) is 20.5. The topological polar surface area (TPSA) is 97.3 Å². The molecule has 8 nitrogen and oxygen atoms in total. The molecule has 0 heterocycles. The number of nitrogens with one attached hydrogen (secondary N) is 1. The van der Waals surface area contributed by atoms with Crippen LogP contribution in [-0.4, -0.2) is 34.2 Å². The van der Waals surface area contributed by atoms with Crippen molar-refractivity contribution in [2.75, 3.05) is 18.0 Å². The second-order valence-electron chi connectivity index (χ2n) is 9.55. The van der Waals surface area contributed by atoms with Crippen molar-refractivity contribution in [3.05, 3.63) is 116 Å². The van der Waals surface area contributed by atoms with Gasteiger partial charge in [-0.15, -0.1) is 0 Å². The zero-order chi connectivity index (χ0) is 31.1. The predicted octanol–water partition coefficient (Wildman–Crippen LogP) is 7.31. The first-order valence-corrected chi connectivity index (χ1v) is 15.9. The van der Waals surface area contributed by atoms with Crippen LogP contribution in [0.2, 0.25) is 10.0 Å². The zero-order valence-corrected chi connectivity index (χ0v) is 27.4. The fourth-order valence-electron chi connectivity index (χ4n) is 3.97. The number of hydrazone groups is 1. The SMILES string of the molecule is COc1cc(/C=N\NC(=O)CN(c2cc(Cl)cc(Cl)c2)S(=O)(=O)c2ccc(C)cc2)cc(Br)c1OCc1ccc(C)cc1. The number of hydrogen-bond acceptors (Lipinski definition) is 6. The lowest BCUT2D eigenvalue weighted by atomic mass is 10.2. The van der Waals surface area contributed by atoms with Crippen molar-refractivity contribution in [2.24, 2.45) is 5.10 Å². The summed E-state index contributed by atoms with van der Waals surface area (Å²) in [4.78, 5) is 13.0. The number of carbonyl (C=O) groups is 1. The highest BCUT2D eigenvalue weighted by Crippen LogP contribution is 2.37. The standard InChI is InChI=1S/C31H28BrCl2N3O5S/c1-20-4-8-22(9-5-20)19-42-31-28(32)12-23(13-29(31)41-3)17-35-36-30(38)18-37(26-15-24(33)14-25(34)16-26)43(39,40)27-10-6-21(2)7-11-27/h4-17H,18-19H2,1-3H3,(H,36,38)/b35-17-. The molecule has 0 saturated carbocycles. The number of rotatable bonds is 11. The minimum Gasteiger partial charge on any atom is -0.493 e. The van der Waals surface area contributed by atoms with Crippen LogP contribution in [0, 0.1) is 13.8 Å². The fourth-order valence-corrected chi connectivity index (χ4v) is 6.47. The molecule has 0 aliphatic heterocycles.